The monoisotopic (exact) mass is 179 g/mol. The van der Waals surface area contributed by atoms with E-state index in [0.717, 1.165) is 25.1 Å². The number of carbonyl (C=O) groups is 1. The molecule has 13 heavy (non-hydrogen) atoms. The lowest BCUT2D eigenvalue weighted by atomic mass is 10.2. The molecule has 0 bridgehead atoms. The number of hydrogen-bond donors (Lipinski definition) is 1. The van der Waals surface area contributed by atoms with E-state index in [-0.39, 0.29) is 11.9 Å². The Balaban J connectivity index is 2.12. The van der Waals surface area contributed by atoms with Gasteiger partial charge in [0.1, 0.15) is 0 Å². The minimum Gasteiger partial charge on any atom is -0.306 e. The van der Waals surface area contributed by atoms with Gasteiger partial charge in [0, 0.05) is 6.20 Å². The SMILES string of the molecule is Cc1ccn(C(=O)[C@@H]2CCCN2)n1. The molecule has 0 aliphatic carbocycles. The second-order valence-corrected chi connectivity index (χ2v) is 3.39. The van der Waals surface area contributed by atoms with Crippen molar-refractivity contribution in [2.75, 3.05) is 6.54 Å². The summed E-state index contributed by atoms with van der Waals surface area (Å²) in [6, 6.07) is 1.81. The van der Waals surface area contributed by atoms with Crippen LogP contribution in [0.3, 0.4) is 0 Å². The van der Waals surface area contributed by atoms with Gasteiger partial charge in [-0.05, 0) is 32.4 Å². The van der Waals surface area contributed by atoms with Gasteiger partial charge >= 0.3 is 0 Å². The highest BCUT2D eigenvalue weighted by atomic mass is 16.2. The van der Waals surface area contributed by atoms with Crippen LogP contribution >= 0.6 is 0 Å². The highest BCUT2D eigenvalue weighted by Crippen LogP contribution is 2.07. The Morgan fingerprint density at radius 3 is 3.15 bits per heavy atom. The van der Waals surface area contributed by atoms with Gasteiger partial charge in [-0.15, -0.1) is 0 Å². The fourth-order valence-corrected chi connectivity index (χ4v) is 1.59. The molecule has 1 fully saturated rings. The van der Waals surface area contributed by atoms with Crippen molar-refractivity contribution < 1.29 is 4.79 Å². The third kappa shape index (κ3) is 1.62. The second-order valence-electron chi connectivity index (χ2n) is 3.39. The highest BCUT2D eigenvalue weighted by molar-refractivity contribution is 5.83. The van der Waals surface area contributed by atoms with Crippen molar-refractivity contribution in [3.63, 3.8) is 0 Å². The molecule has 2 rings (SSSR count). The van der Waals surface area contributed by atoms with Gasteiger partial charge < -0.3 is 5.32 Å². The Hall–Kier alpha value is -1.16. The maximum absolute atomic E-state index is 11.7. The first-order chi connectivity index (χ1) is 6.27. The molecule has 4 heteroatoms. The average Bonchev–Trinajstić information content (AvgIpc) is 2.72. The minimum absolute atomic E-state index is 0.0284. The molecule has 0 radical (unpaired) electrons. The smallest absolute Gasteiger partial charge is 0.263 e. The predicted molar refractivity (Wildman–Crippen MR) is 48.6 cm³/mol. The molecular weight excluding hydrogens is 166 g/mol. The van der Waals surface area contributed by atoms with Crippen molar-refractivity contribution in [1.82, 2.24) is 15.1 Å². The summed E-state index contributed by atoms with van der Waals surface area (Å²) >= 11 is 0. The summed E-state index contributed by atoms with van der Waals surface area (Å²) in [6.07, 6.45) is 3.73. The van der Waals surface area contributed by atoms with Crippen LogP contribution in [0.25, 0.3) is 0 Å². The van der Waals surface area contributed by atoms with E-state index >= 15 is 0 Å². The van der Waals surface area contributed by atoms with Crippen LogP contribution in [0.1, 0.15) is 23.3 Å². The van der Waals surface area contributed by atoms with Gasteiger partial charge in [-0.2, -0.15) is 5.10 Å². The van der Waals surface area contributed by atoms with E-state index in [1.807, 2.05) is 13.0 Å². The molecule has 0 unspecified atom stereocenters. The maximum atomic E-state index is 11.7. The van der Waals surface area contributed by atoms with Crippen LogP contribution in [-0.4, -0.2) is 28.3 Å². The molecule has 70 valence electrons. The number of aryl methyl sites for hydroxylation is 1. The number of nitrogens with one attached hydrogen (secondary N) is 1. The van der Waals surface area contributed by atoms with E-state index < -0.39 is 0 Å². The first kappa shape index (κ1) is 8.44. The molecule has 1 aliphatic heterocycles. The zero-order valence-electron chi connectivity index (χ0n) is 7.66. The summed E-state index contributed by atoms with van der Waals surface area (Å²) in [5, 5.41) is 7.24. The van der Waals surface area contributed by atoms with Gasteiger partial charge in [-0.3, -0.25) is 4.79 Å². The fraction of sp³-hybridized carbons (Fsp3) is 0.556. The lowest BCUT2D eigenvalue weighted by Crippen LogP contribution is -2.35. The summed E-state index contributed by atoms with van der Waals surface area (Å²) in [6.45, 7) is 2.82. The molecule has 1 aromatic rings. The molecule has 0 spiro atoms. The molecule has 4 nitrogen and oxygen atoms in total. The van der Waals surface area contributed by atoms with Gasteiger partial charge in [0.2, 0.25) is 0 Å². The minimum atomic E-state index is -0.0284. The third-order valence-electron chi connectivity index (χ3n) is 2.31. The van der Waals surface area contributed by atoms with E-state index in [0.29, 0.717) is 0 Å². The third-order valence-corrected chi connectivity index (χ3v) is 2.31. The van der Waals surface area contributed by atoms with E-state index in [9.17, 15) is 4.79 Å². The van der Waals surface area contributed by atoms with Gasteiger partial charge in [-0.25, -0.2) is 4.68 Å². The Morgan fingerprint density at radius 2 is 2.62 bits per heavy atom. The molecule has 1 aliphatic rings. The number of carbonyl (C=O) groups excluding carboxylic acids is 1. The molecule has 1 N–H and O–H groups in total. The standard InChI is InChI=1S/C9H13N3O/c1-7-4-6-12(11-7)9(13)8-3-2-5-10-8/h4,6,8,10H,2-3,5H2,1H3/t8-/m0/s1. The quantitative estimate of drug-likeness (QED) is 0.686. The number of aromatic nitrogens is 2. The maximum Gasteiger partial charge on any atom is 0.263 e. The van der Waals surface area contributed by atoms with E-state index in [4.69, 9.17) is 0 Å². The Bertz CT molecular complexity index is 312. The van der Waals surface area contributed by atoms with Crippen LogP contribution in [0.2, 0.25) is 0 Å². The van der Waals surface area contributed by atoms with E-state index in [1.54, 1.807) is 6.20 Å². The van der Waals surface area contributed by atoms with Gasteiger partial charge in [-0.1, -0.05) is 0 Å². The van der Waals surface area contributed by atoms with Crippen molar-refractivity contribution in [2.45, 2.75) is 25.8 Å². The van der Waals surface area contributed by atoms with Crippen molar-refractivity contribution in [2.24, 2.45) is 0 Å². The topological polar surface area (TPSA) is 46.9 Å². The molecule has 0 amide bonds. The zero-order chi connectivity index (χ0) is 9.26. The van der Waals surface area contributed by atoms with Crippen molar-refractivity contribution >= 4 is 5.91 Å². The largest absolute Gasteiger partial charge is 0.306 e. The summed E-state index contributed by atoms with van der Waals surface area (Å²) in [5.41, 5.74) is 0.881. The number of nitrogens with zero attached hydrogens (tertiary/aromatic N) is 2. The van der Waals surface area contributed by atoms with Crippen LogP contribution < -0.4 is 5.32 Å². The molecule has 1 aromatic heterocycles. The van der Waals surface area contributed by atoms with Crippen molar-refractivity contribution in [3.05, 3.63) is 18.0 Å². The van der Waals surface area contributed by atoms with Crippen LogP contribution in [-0.2, 0) is 0 Å². The van der Waals surface area contributed by atoms with Crippen LogP contribution in [0.15, 0.2) is 12.3 Å². The first-order valence-corrected chi connectivity index (χ1v) is 4.57. The van der Waals surface area contributed by atoms with E-state index in [1.165, 1.54) is 4.68 Å². The summed E-state index contributed by atoms with van der Waals surface area (Å²) in [4.78, 5) is 11.7. The second kappa shape index (κ2) is 3.30. The Labute approximate surface area is 76.9 Å². The van der Waals surface area contributed by atoms with Gasteiger partial charge in [0.15, 0.2) is 0 Å². The molecule has 0 saturated carbocycles. The Kier molecular flexibility index (Phi) is 2.14. The summed E-state index contributed by atoms with van der Waals surface area (Å²) in [5.74, 6) is 0.0607. The average molecular weight is 179 g/mol. The Morgan fingerprint density at radius 1 is 1.77 bits per heavy atom. The molecule has 2 heterocycles. The normalized spacial score (nSPS) is 22.1. The lowest BCUT2D eigenvalue weighted by Gasteiger charge is -2.07. The van der Waals surface area contributed by atoms with E-state index in [2.05, 4.69) is 10.4 Å². The number of hydrogen-bond acceptors (Lipinski definition) is 3. The van der Waals surface area contributed by atoms with Gasteiger partial charge in [0.05, 0.1) is 11.7 Å². The zero-order valence-corrected chi connectivity index (χ0v) is 7.66. The van der Waals surface area contributed by atoms with Crippen LogP contribution in [0.5, 0.6) is 0 Å². The van der Waals surface area contributed by atoms with Crippen LogP contribution in [0, 0.1) is 6.92 Å². The predicted octanol–water partition coefficient (Wildman–Crippen LogP) is 0.584. The molecular formula is C9H13N3O. The summed E-state index contributed by atoms with van der Waals surface area (Å²) < 4.78 is 1.43. The lowest BCUT2D eigenvalue weighted by molar-refractivity contribution is 0.0853. The molecule has 1 saturated heterocycles. The number of rotatable bonds is 1. The van der Waals surface area contributed by atoms with Gasteiger partial charge in [0.25, 0.3) is 5.91 Å². The fourth-order valence-electron chi connectivity index (χ4n) is 1.59. The summed E-state index contributed by atoms with van der Waals surface area (Å²) in [7, 11) is 0. The highest BCUT2D eigenvalue weighted by Gasteiger charge is 2.23. The molecule has 1 atom stereocenters. The molecule has 0 aromatic carbocycles. The van der Waals surface area contributed by atoms with Crippen molar-refractivity contribution in [1.29, 1.82) is 0 Å². The van der Waals surface area contributed by atoms with Crippen LogP contribution in [0.4, 0.5) is 0 Å². The first-order valence-electron chi connectivity index (χ1n) is 4.57. The van der Waals surface area contributed by atoms with Crippen molar-refractivity contribution in [3.8, 4) is 0 Å².